The lowest BCUT2D eigenvalue weighted by Gasteiger charge is -2.17. The molecule has 2 atom stereocenters. The van der Waals surface area contributed by atoms with Crippen molar-refractivity contribution in [2.45, 2.75) is 18.8 Å². The Kier molecular flexibility index (Phi) is 6.38. The molecule has 0 spiro atoms. The van der Waals surface area contributed by atoms with Gasteiger partial charge in [0.25, 0.3) is 0 Å². The molecule has 1 aliphatic rings. The quantitative estimate of drug-likeness (QED) is 0.711. The van der Waals surface area contributed by atoms with Gasteiger partial charge in [0.2, 0.25) is 0 Å². The first-order valence-corrected chi connectivity index (χ1v) is 7.23. The standard InChI is InChI=1S/C15H25N3O3/c1-19-7-6-16-8-12-4-5-15(17-9-12)18-10-13(20-2)14(11-18)21-3/h4-5,9,13-14,16H,6-8,10-11H2,1-3H3. The number of ether oxygens (including phenoxy) is 3. The van der Waals surface area contributed by atoms with Crippen LogP contribution in [0.3, 0.4) is 0 Å². The van der Waals surface area contributed by atoms with Crippen LogP contribution >= 0.6 is 0 Å². The molecule has 1 aromatic heterocycles. The van der Waals surface area contributed by atoms with Gasteiger partial charge in [-0.05, 0) is 11.6 Å². The van der Waals surface area contributed by atoms with Gasteiger partial charge in [-0.2, -0.15) is 0 Å². The van der Waals surface area contributed by atoms with Crippen LogP contribution in [-0.2, 0) is 20.8 Å². The first-order chi connectivity index (χ1) is 10.3. The SMILES string of the molecule is COCCNCc1ccc(N2CC(OC)C(OC)C2)nc1. The fraction of sp³-hybridized carbons (Fsp3) is 0.667. The van der Waals surface area contributed by atoms with Crippen molar-refractivity contribution in [3.63, 3.8) is 0 Å². The van der Waals surface area contributed by atoms with E-state index in [0.717, 1.165) is 38.6 Å². The molecule has 21 heavy (non-hydrogen) atoms. The Morgan fingerprint density at radius 1 is 1.19 bits per heavy atom. The molecule has 1 aromatic rings. The maximum absolute atomic E-state index is 5.45. The van der Waals surface area contributed by atoms with E-state index in [1.165, 1.54) is 5.56 Å². The van der Waals surface area contributed by atoms with E-state index in [4.69, 9.17) is 14.2 Å². The van der Waals surface area contributed by atoms with Gasteiger partial charge in [-0.1, -0.05) is 6.07 Å². The van der Waals surface area contributed by atoms with E-state index in [1.54, 1.807) is 21.3 Å². The number of aromatic nitrogens is 1. The van der Waals surface area contributed by atoms with Crippen molar-refractivity contribution in [2.24, 2.45) is 0 Å². The van der Waals surface area contributed by atoms with Crippen LogP contribution in [0.4, 0.5) is 5.82 Å². The molecular formula is C15H25N3O3. The van der Waals surface area contributed by atoms with Crippen molar-refractivity contribution in [1.29, 1.82) is 0 Å². The summed E-state index contributed by atoms with van der Waals surface area (Å²) in [6.45, 7) is 3.99. The molecule has 2 heterocycles. The minimum atomic E-state index is 0.104. The van der Waals surface area contributed by atoms with E-state index in [-0.39, 0.29) is 12.2 Å². The minimum Gasteiger partial charge on any atom is -0.383 e. The van der Waals surface area contributed by atoms with Gasteiger partial charge >= 0.3 is 0 Å². The van der Waals surface area contributed by atoms with E-state index in [0.29, 0.717) is 0 Å². The smallest absolute Gasteiger partial charge is 0.128 e. The lowest BCUT2D eigenvalue weighted by Crippen LogP contribution is -2.27. The van der Waals surface area contributed by atoms with Crippen molar-refractivity contribution in [3.8, 4) is 0 Å². The third kappa shape index (κ3) is 4.38. The summed E-state index contributed by atoms with van der Waals surface area (Å²) in [5.41, 5.74) is 1.17. The predicted molar refractivity (Wildman–Crippen MR) is 81.6 cm³/mol. The van der Waals surface area contributed by atoms with Gasteiger partial charge < -0.3 is 24.4 Å². The van der Waals surface area contributed by atoms with Crippen LogP contribution in [0.15, 0.2) is 18.3 Å². The molecule has 6 heteroatoms. The molecule has 0 radical (unpaired) electrons. The van der Waals surface area contributed by atoms with Crippen LogP contribution in [-0.4, -0.2) is 64.8 Å². The number of rotatable bonds is 8. The maximum Gasteiger partial charge on any atom is 0.128 e. The second-order valence-electron chi connectivity index (χ2n) is 5.15. The molecule has 1 fully saturated rings. The van der Waals surface area contributed by atoms with Crippen molar-refractivity contribution >= 4 is 5.82 Å². The highest BCUT2D eigenvalue weighted by Crippen LogP contribution is 2.21. The zero-order chi connectivity index (χ0) is 15.1. The maximum atomic E-state index is 5.45. The molecule has 0 amide bonds. The second-order valence-corrected chi connectivity index (χ2v) is 5.15. The van der Waals surface area contributed by atoms with Crippen molar-refractivity contribution < 1.29 is 14.2 Å². The monoisotopic (exact) mass is 295 g/mol. The van der Waals surface area contributed by atoms with Gasteiger partial charge in [-0.15, -0.1) is 0 Å². The van der Waals surface area contributed by atoms with Gasteiger partial charge in [-0.25, -0.2) is 4.98 Å². The summed E-state index contributed by atoms with van der Waals surface area (Å²) in [5, 5.41) is 3.31. The van der Waals surface area contributed by atoms with Gasteiger partial charge in [0.1, 0.15) is 18.0 Å². The zero-order valence-electron chi connectivity index (χ0n) is 13.0. The molecule has 2 unspecified atom stereocenters. The average molecular weight is 295 g/mol. The molecule has 2 rings (SSSR count). The van der Waals surface area contributed by atoms with E-state index in [9.17, 15) is 0 Å². The second kappa shape index (κ2) is 8.29. The number of methoxy groups -OCH3 is 3. The molecule has 1 aliphatic heterocycles. The molecule has 0 aliphatic carbocycles. The number of nitrogens with zero attached hydrogens (tertiary/aromatic N) is 2. The molecule has 1 saturated heterocycles. The number of anilines is 1. The molecule has 0 aromatic carbocycles. The summed E-state index contributed by atoms with van der Waals surface area (Å²) in [7, 11) is 5.15. The van der Waals surface area contributed by atoms with E-state index >= 15 is 0 Å². The highest BCUT2D eigenvalue weighted by molar-refractivity contribution is 5.41. The normalized spacial score (nSPS) is 22.0. The number of hydrogen-bond acceptors (Lipinski definition) is 6. The Morgan fingerprint density at radius 3 is 2.43 bits per heavy atom. The Bertz CT molecular complexity index is 401. The fourth-order valence-corrected chi connectivity index (χ4v) is 2.50. The molecule has 6 nitrogen and oxygen atoms in total. The van der Waals surface area contributed by atoms with Crippen LogP contribution in [0.5, 0.6) is 0 Å². The van der Waals surface area contributed by atoms with Crippen LogP contribution in [0.1, 0.15) is 5.56 Å². The van der Waals surface area contributed by atoms with Crippen molar-refractivity contribution in [1.82, 2.24) is 10.3 Å². The van der Waals surface area contributed by atoms with Crippen LogP contribution in [0.2, 0.25) is 0 Å². The van der Waals surface area contributed by atoms with E-state index in [2.05, 4.69) is 27.3 Å². The van der Waals surface area contributed by atoms with Crippen LogP contribution < -0.4 is 10.2 Å². The molecule has 118 valence electrons. The predicted octanol–water partition coefficient (Wildman–Crippen LogP) is 0.668. The summed E-state index contributed by atoms with van der Waals surface area (Å²) in [6, 6.07) is 4.15. The number of hydrogen-bond donors (Lipinski definition) is 1. The van der Waals surface area contributed by atoms with E-state index < -0.39 is 0 Å². The Hall–Kier alpha value is -1.21. The first-order valence-electron chi connectivity index (χ1n) is 7.23. The first kappa shape index (κ1) is 16.2. The topological polar surface area (TPSA) is 55.9 Å². The summed E-state index contributed by atoms with van der Waals surface area (Å²) in [4.78, 5) is 6.74. The lowest BCUT2D eigenvalue weighted by molar-refractivity contribution is -0.00461. The molecule has 0 saturated carbocycles. The van der Waals surface area contributed by atoms with Crippen molar-refractivity contribution in [3.05, 3.63) is 23.9 Å². The fourth-order valence-electron chi connectivity index (χ4n) is 2.50. The summed E-state index contributed by atoms with van der Waals surface area (Å²) in [5.74, 6) is 0.970. The number of pyridine rings is 1. The summed E-state index contributed by atoms with van der Waals surface area (Å²) < 4.78 is 15.9. The minimum absolute atomic E-state index is 0.104. The largest absolute Gasteiger partial charge is 0.383 e. The van der Waals surface area contributed by atoms with Crippen LogP contribution in [0.25, 0.3) is 0 Å². The zero-order valence-corrected chi connectivity index (χ0v) is 13.0. The van der Waals surface area contributed by atoms with Gasteiger partial charge in [-0.3, -0.25) is 0 Å². The van der Waals surface area contributed by atoms with E-state index in [1.807, 2.05) is 6.20 Å². The third-order valence-electron chi connectivity index (χ3n) is 3.77. The highest BCUT2D eigenvalue weighted by Gasteiger charge is 2.33. The van der Waals surface area contributed by atoms with Crippen LogP contribution in [0, 0.1) is 0 Å². The van der Waals surface area contributed by atoms with Gasteiger partial charge in [0, 0.05) is 53.7 Å². The summed E-state index contributed by atoms with van der Waals surface area (Å²) in [6.07, 6.45) is 2.12. The third-order valence-corrected chi connectivity index (χ3v) is 3.77. The Morgan fingerprint density at radius 2 is 1.90 bits per heavy atom. The van der Waals surface area contributed by atoms with Crippen molar-refractivity contribution in [2.75, 3.05) is 52.5 Å². The number of nitrogens with one attached hydrogen (secondary N) is 1. The highest BCUT2D eigenvalue weighted by atomic mass is 16.5. The lowest BCUT2D eigenvalue weighted by atomic mass is 10.2. The van der Waals surface area contributed by atoms with Gasteiger partial charge in [0.05, 0.1) is 6.61 Å². The molecule has 0 bridgehead atoms. The Labute approximate surface area is 126 Å². The molecule has 1 N–H and O–H groups in total. The Balaban J connectivity index is 1.87. The molecular weight excluding hydrogens is 270 g/mol. The van der Waals surface area contributed by atoms with Gasteiger partial charge in [0.15, 0.2) is 0 Å². The summed E-state index contributed by atoms with van der Waals surface area (Å²) >= 11 is 0. The average Bonchev–Trinajstić information content (AvgIpc) is 2.95.